The summed E-state index contributed by atoms with van der Waals surface area (Å²) < 4.78 is 34.5. The SMILES string of the molecule is CCN(CCCNC(=O)Cn1cnc2sc(C)c(S(=O)(=O)N3CCOCC3)c2c1=O)c1cccc(C)c1. The molecule has 1 aromatic carbocycles. The van der Waals surface area contributed by atoms with E-state index in [0.717, 1.165) is 25.2 Å². The van der Waals surface area contributed by atoms with Gasteiger partial charge in [0.1, 0.15) is 16.3 Å². The van der Waals surface area contributed by atoms with Gasteiger partial charge in [-0.3, -0.25) is 14.2 Å². The smallest absolute Gasteiger partial charge is 0.263 e. The minimum Gasteiger partial charge on any atom is -0.379 e. The number of sulfonamides is 1. The molecular weight excluding hydrogens is 514 g/mol. The highest BCUT2D eigenvalue weighted by Crippen LogP contribution is 2.33. The lowest BCUT2D eigenvalue weighted by Crippen LogP contribution is -2.41. The number of hydrogen-bond donors (Lipinski definition) is 1. The van der Waals surface area contributed by atoms with Crippen LogP contribution in [-0.2, 0) is 26.1 Å². The Hall–Kier alpha value is -2.80. The van der Waals surface area contributed by atoms with Crippen LogP contribution in [0, 0.1) is 13.8 Å². The predicted octanol–water partition coefficient (Wildman–Crippen LogP) is 2.13. The third kappa shape index (κ3) is 6.03. The number of amides is 1. The molecule has 1 amide bonds. The molecule has 2 aromatic heterocycles. The molecule has 10 nitrogen and oxygen atoms in total. The molecule has 1 N–H and O–H groups in total. The van der Waals surface area contributed by atoms with Crippen LogP contribution in [0.5, 0.6) is 0 Å². The molecule has 200 valence electrons. The van der Waals surface area contributed by atoms with Gasteiger partial charge in [0.15, 0.2) is 0 Å². The maximum absolute atomic E-state index is 13.4. The van der Waals surface area contributed by atoms with E-state index in [2.05, 4.69) is 47.2 Å². The summed E-state index contributed by atoms with van der Waals surface area (Å²) >= 11 is 1.17. The van der Waals surface area contributed by atoms with Gasteiger partial charge in [0.25, 0.3) is 5.56 Å². The van der Waals surface area contributed by atoms with Crippen molar-refractivity contribution in [2.45, 2.75) is 38.6 Å². The number of benzene rings is 1. The zero-order valence-corrected chi connectivity index (χ0v) is 23.0. The number of ether oxygens (including phenoxy) is 1. The van der Waals surface area contributed by atoms with Gasteiger partial charge in [0.05, 0.1) is 24.9 Å². The van der Waals surface area contributed by atoms with E-state index in [1.165, 1.54) is 32.1 Å². The Morgan fingerprint density at radius 2 is 2.00 bits per heavy atom. The van der Waals surface area contributed by atoms with E-state index >= 15 is 0 Å². The number of aryl methyl sites for hydroxylation is 2. The van der Waals surface area contributed by atoms with Crippen molar-refractivity contribution in [2.24, 2.45) is 0 Å². The first-order valence-corrected chi connectivity index (χ1v) is 14.6. The number of fused-ring (bicyclic) bond motifs is 1. The third-order valence-corrected chi connectivity index (χ3v) is 9.57. The number of nitrogens with one attached hydrogen (secondary N) is 1. The van der Waals surface area contributed by atoms with Crippen molar-refractivity contribution in [3.05, 3.63) is 51.4 Å². The van der Waals surface area contributed by atoms with Crippen molar-refractivity contribution in [1.29, 1.82) is 0 Å². The summed E-state index contributed by atoms with van der Waals surface area (Å²) in [6.45, 7) is 8.77. The zero-order valence-electron chi connectivity index (χ0n) is 21.4. The van der Waals surface area contributed by atoms with Gasteiger partial charge in [0, 0.05) is 43.3 Å². The molecule has 1 aliphatic heterocycles. The summed E-state index contributed by atoms with van der Waals surface area (Å²) in [5.74, 6) is -0.327. The van der Waals surface area contributed by atoms with Gasteiger partial charge in [0.2, 0.25) is 15.9 Å². The second-order valence-electron chi connectivity index (χ2n) is 8.98. The zero-order chi connectivity index (χ0) is 26.6. The van der Waals surface area contributed by atoms with Gasteiger partial charge in [-0.2, -0.15) is 4.31 Å². The first-order valence-electron chi connectivity index (χ1n) is 12.4. The highest BCUT2D eigenvalue weighted by Gasteiger charge is 2.32. The average molecular weight is 548 g/mol. The van der Waals surface area contributed by atoms with E-state index in [1.807, 2.05) is 6.07 Å². The molecule has 0 saturated carbocycles. The Bertz CT molecular complexity index is 1430. The van der Waals surface area contributed by atoms with Gasteiger partial charge in [-0.25, -0.2) is 13.4 Å². The second-order valence-corrected chi connectivity index (χ2v) is 12.1. The Morgan fingerprint density at radius 1 is 1.24 bits per heavy atom. The second kappa shape index (κ2) is 11.7. The van der Waals surface area contributed by atoms with Gasteiger partial charge in [-0.15, -0.1) is 11.3 Å². The number of morpholine rings is 1. The molecule has 3 heterocycles. The highest BCUT2D eigenvalue weighted by molar-refractivity contribution is 7.89. The maximum Gasteiger partial charge on any atom is 0.263 e. The molecule has 0 spiro atoms. The monoisotopic (exact) mass is 547 g/mol. The first kappa shape index (κ1) is 27.2. The van der Waals surface area contributed by atoms with Crippen LogP contribution in [-0.4, -0.2) is 74.1 Å². The van der Waals surface area contributed by atoms with E-state index in [4.69, 9.17) is 4.74 Å². The predicted molar refractivity (Wildman–Crippen MR) is 145 cm³/mol. The molecule has 0 unspecified atom stereocenters. The Labute approximate surface area is 220 Å². The van der Waals surface area contributed by atoms with Crippen LogP contribution in [0.25, 0.3) is 10.2 Å². The minimum atomic E-state index is -3.89. The molecule has 1 saturated heterocycles. The van der Waals surface area contributed by atoms with Gasteiger partial charge >= 0.3 is 0 Å². The summed E-state index contributed by atoms with van der Waals surface area (Å²) in [7, 11) is -3.89. The molecule has 0 aliphatic carbocycles. The minimum absolute atomic E-state index is 0.0162. The summed E-state index contributed by atoms with van der Waals surface area (Å²) in [6, 6.07) is 8.30. The van der Waals surface area contributed by atoms with Gasteiger partial charge in [-0.1, -0.05) is 12.1 Å². The van der Waals surface area contributed by atoms with Gasteiger partial charge < -0.3 is 15.0 Å². The molecule has 0 atom stereocenters. The van der Waals surface area contributed by atoms with Crippen LogP contribution >= 0.6 is 11.3 Å². The molecule has 4 rings (SSSR count). The lowest BCUT2D eigenvalue weighted by atomic mass is 10.2. The third-order valence-electron chi connectivity index (χ3n) is 6.36. The molecule has 0 bridgehead atoms. The topological polar surface area (TPSA) is 114 Å². The van der Waals surface area contributed by atoms with Crippen molar-refractivity contribution < 1.29 is 17.9 Å². The summed E-state index contributed by atoms with van der Waals surface area (Å²) in [6.07, 6.45) is 2.05. The molecular formula is C25H33N5O5S2. The number of aromatic nitrogens is 2. The summed E-state index contributed by atoms with van der Waals surface area (Å²) in [5, 5.41) is 2.90. The van der Waals surface area contributed by atoms with E-state index in [1.54, 1.807) is 6.92 Å². The van der Waals surface area contributed by atoms with E-state index in [-0.39, 0.29) is 35.8 Å². The Morgan fingerprint density at radius 3 is 2.70 bits per heavy atom. The van der Waals surface area contributed by atoms with Crippen LogP contribution in [0.15, 0.2) is 40.3 Å². The fourth-order valence-corrected chi connectivity index (χ4v) is 7.53. The number of anilines is 1. The molecule has 1 aliphatic rings. The van der Waals surface area contributed by atoms with Crippen LogP contribution in [0.4, 0.5) is 5.69 Å². The lowest BCUT2D eigenvalue weighted by Gasteiger charge is -2.26. The molecule has 0 radical (unpaired) electrons. The largest absolute Gasteiger partial charge is 0.379 e. The van der Waals surface area contributed by atoms with E-state index in [0.29, 0.717) is 29.5 Å². The number of thiophene rings is 1. The number of hydrogen-bond acceptors (Lipinski definition) is 8. The van der Waals surface area contributed by atoms with E-state index in [9.17, 15) is 18.0 Å². The normalized spacial score (nSPS) is 14.7. The fraction of sp³-hybridized carbons (Fsp3) is 0.480. The number of carbonyl (C=O) groups excluding carboxylic acids is 1. The van der Waals surface area contributed by atoms with E-state index < -0.39 is 15.6 Å². The van der Waals surface area contributed by atoms with Crippen molar-refractivity contribution >= 4 is 43.2 Å². The molecule has 3 aromatic rings. The summed E-state index contributed by atoms with van der Waals surface area (Å²) in [5.41, 5.74) is 1.81. The summed E-state index contributed by atoms with van der Waals surface area (Å²) in [4.78, 5) is 33.3. The molecule has 1 fully saturated rings. The quantitative estimate of drug-likeness (QED) is 0.387. The van der Waals surface area contributed by atoms with Crippen molar-refractivity contribution in [1.82, 2.24) is 19.2 Å². The number of nitrogens with zero attached hydrogens (tertiary/aromatic N) is 4. The van der Waals surface area contributed by atoms with Crippen molar-refractivity contribution in [2.75, 3.05) is 50.8 Å². The van der Waals surface area contributed by atoms with Crippen LogP contribution in [0.2, 0.25) is 0 Å². The number of rotatable bonds is 10. The highest BCUT2D eigenvalue weighted by atomic mass is 32.2. The Balaban J connectivity index is 1.43. The van der Waals surface area contributed by atoms with Crippen LogP contribution in [0.3, 0.4) is 0 Å². The Kier molecular flexibility index (Phi) is 8.63. The maximum atomic E-state index is 13.4. The number of carbonyl (C=O) groups is 1. The fourth-order valence-electron chi connectivity index (χ4n) is 4.46. The average Bonchev–Trinajstić information content (AvgIpc) is 3.24. The molecule has 12 heteroatoms. The van der Waals surface area contributed by atoms with Crippen LogP contribution in [0.1, 0.15) is 23.8 Å². The van der Waals surface area contributed by atoms with Crippen molar-refractivity contribution in [3.63, 3.8) is 0 Å². The van der Waals surface area contributed by atoms with Crippen molar-refractivity contribution in [3.8, 4) is 0 Å². The van der Waals surface area contributed by atoms with Gasteiger partial charge in [-0.05, 0) is 44.9 Å². The lowest BCUT2D eigenvalue weighted by molar-refractivity contribution is -0.121. The molecule has 37 heavy (non-hydrogen) atoms. The standard InChI is InChI=1S/C25H33N5O5S2/c1-4-28(20-8-5-7-18(2)15-20)10-6-9-26-21(31)16-29-17-27-24-22(25(29)32)23(19(3)36-24)37(33,34)30-11-13-35-14-12-30/h5,7-8,15,17H,4,6,9-14,16H2,1-3H3,(H,26,31). The van der Waals surface area contributed by atoms with Crippen LogP contribution < -0.4 is 15.8 Å². The first-order chi connectivity index (χ1) is 17.7.